The van der Waals surface area contributed by atoms with Crippen molar-refractivity contribution < 1.29 is 0 Å². The first-order valence-corrected chi connectivity index (χ1v) is 6.54. The van der Waals surface area contributed by atoms with Crippen molar-refractivity contribution in [2.45, 2.75) is 12.5 Å². The molecule has 2 rings (SSSR count). The number of hydrogen-bond donors (Lipinski definition) is 2. The van der Waals surface area contributed by atoms with Gasteiger partial charge in [-0.05, 0) is 25.6 Å². The molecule has 17 heavy (non-hydrogen) atoms. The lowest BCUT2D eigenvalue weighted by Gasteiger charge is -2.31. The summed E-state index contributed by atoms with van der Waals surface area (Å²) in [5.74, 6) is 0. The first-order chi connectivity index (χ1) is 8.25. The highest BCUT2D eigenvalue weighted by Crippen LogP contribution is 2.20. The Morgan fingerprint density at radius 1 is 1.47 bits per heavy atom. The van der Waals surface area contributed by atoms with Gasteiger partial charge in [-0.2, -0.15) is 0 Å². The number of benzene rings is 1. The van der Waals surface area contributed by atoms with Crippen LogP contribution < -0.4 is 10.6 Å². The average Bonchev–Trinajstić information content (AvgIpc) is 2.32. The maximum absolute atomic E-state index is 6.08. The standard InChI is InChI=1S/C13H20ClN3/c1-17-9-8-15-11(10-17)6-7-16-13-5-3-2-4-12(13)14/h2-5,11,15-16H,6-10H2,1H3. The molecule has 1 heterocycles. The first kappa shape index (κ1) is 12.7. The molecule has 0 saturated carbocycles. The zero-order chi connectivity index (χ0) is 12.1. The van der Waals surface area contributed by atoms with Gasteiger partial charge in [-0.15, -0.1) is 0 Å². The molecule has 1 fully saturated rings. The van der Waals surface area contributed by atoms with Gasteiger partial charge >= 0.3 is 0 Å². The second-order valence-corrected chi connectivity index (χ2v) is 5.02. The Balaban J connectivity index is 1.74. The maximum Gasteiger partial charge on any atom is 0.0637 e. The van der Waals surface area contributed by atoms with Crippen molar-refractivity contribution in [3.63, 3.8) is 0 Å². The van der Waals surface area contributed by atoms with Gasteiger partial charge in [0, 0.05) is 32.2 Å². The molecule has 94 valence electrons. The van der Waals surface area contributed by atoms with E-state index in [9.17, 15) is 0 Å². The normalized spacial score (nSPS) is 21.4. The third-order valence-corrected chi connectivity index (χ3v) is 3.47. The maximum atomic E-state index is 6.08. The Kier molecular flexibility index (Phi) is 4.66. The van der Waals surface area contributed by atoms with Crippen LogP contribution in [0, 0.1) is 0 Å². The van der Waals surface area contributed by atoms with Gasteiger partial charge in [0.1, 0.15) is 0 Å². The minimum Gasteiger partial charge on any atom is -0.384 e. The molecule has 4 heteroatoms. The van der Waals surface area contributed by atoms with Crippen molar-refractivity contribution >= 4 is 17.3 Å². The quantitative estimate of drug-likeness (QED) is 0.860. The lowest BCUT2D eigenvalue weighted by Crippen LogP contribution is -2.49. The first-order valence-electron chi connectivity index (χ1n) is 6.16. The number of hydrogen-bond acceptors (Lipinski definition) is 3. The van der Waals surface area contributed by atoms with Crippen LogP contribution in [0.15, 0.2) is 24.3 Å². The molecule has 1 aliphatic rings. The van der Waals surface area contributed by atoms with Crippen LogP contribution >= 0.6 is 11.6 Å². The van der Waals surface area contributed by atoms with Crippen LogP contribution in [0.1, 0.15) is 6.42 Å². The molecule has 0 amide bonds. The van der Waals surface area contributed by atoms with Crippen LogP contribution in [0.4, 0.5) is 5.69 Å². The lowest BCUT2D eigenvalue weighted by atomic mass is 10.1. The third kappa shape index (κ3) is 3.87. The molecule has 0 radical (unpaired) electrons. The fraction of sp³-hybridized carbons (Fsp3) is 0.538. The summed E-state index contributed by atoms with van der Waals surface area (Å²) in [5.41, 5.74) is 1.03. The van der Waals surface area contributed by atoms with E-state index in [0.29, 0.717) is 6.04 Å². The molecule has 0 aromatic heterocycles. The third-order valence-electron chi connectivity index (χ3n) is 3.14. The summed E-state index contributed by atoms with van der Waals surface area (Å²) < 4.78 is 0. The summed E-state index contributed by atoms with van der Waals surface area (Å²) >= 11 is 6.08. The Morgan fingerprint density at radius 3 is 3.06 bits per heavy atom. The smallest absolute Gasteiger partial charge is 0.0637 e. The zero-order valence-electron chi connectivity index (χ0n) is 10.2. The Bertz CT molecular complexity index is 356. The van der Waals surface area contributed by atoms with E-state index < -0.39 is 0 Å². The van der Waals surface area contributed by atoms with Crippen molar-refractivity contribution in [1.29, 1.82) is 0 Å². The minimum atomic E-state index is 0.587. The van der Waals surface area contributed by atoms with Crippen LogP contribution in [-0.2, 0) is 0 Å². The predicted octanol–water partition coefficient (Wildman–Crippen LogP) is 2.05. The second-order valence-electron chi connectivity index (χ2n) is 4.61. The summed E-state index contributed by atoms with van der Waals surface area (Å²) in [6, 6.07) is 8.47. The van der Waals surface area contributed by atoms with E-state index >= 15 is 0 Å². The van der Waals surface area contributed by atoms with Gasteiger partial charge in [0.25, 0.3) is 0 Å². The lowest BCUT2D eigenvalue weighted by molar-refractivity contribution is 0.234. The van der Waals surface area contributed by atoms with Crippen molar-refractivity contribution in [1.82, 2.24) is 10.2 Å². The highest BCUT2D eigenvalue weighted by Gasteiger charge is 2.15. The molecule has 2 N–H and O–H groups in total. The number of nitrogens with zero attached hydrogens (tertiary/aromatic N) is 1. The average molecular weight is 254 g/mol. The Morgan fingerprint density at radius 2 is 2.29 bits per heavy atom. The number of piperazine rings is 1. The Hall–Kier alpha value is -0.770. The fourth-order valence-electron chi connectivity index (χ4n) is 2.17. The molecule has 0 spiro atoms. The summed E-state index contributed by atoms with van der Waals surface area (Å²) in [6.45, 7) is 4.32. The predicted molar refractivity (Wildman–Crippen MR) is 73.8 cm³/mol. The molecule has 1 aromatic rings. The minimum absolute atomic E-state index is 0.587. The van der Waals surface area contributed by atoms with Gasteiger partial charge in [-0.1, -0.05) is 23.7 Å². The number of nitrogens with one attached hydrogen (secondary N) is 2. The monoisotopic (exact) mass is 253 g/mol. The van der Waals surface area contributed by atoms with Gasteiger partial charge in [0.15, 0.2) is 0 Å². The molecule has 1 aliphatic heterocycles. The zero-order valence-corrected chi connectivity index (χ0v) is 11.0. The van der Waals surface area contributed by atoms with Crippen LogP contribution in [-0.4, -0.2) is 44.2 Å². The highest BCUT2D eigenvalue weighted by atomic mass is 35.5. The van der Waals surface area contributed by atoms with Gasteiger partial charge in [0.05, 0.1) is 10.7 Å². The van der Waals surface area contributed by atoms with Crippen LogP contribution in [0.25, 0.3) is 0 Å². The molecule has 1 unspecified atom stereocenters. The molecule has 1 saturated heterocycles. The Labute approximate surface area is 108 Å². The van der Waals surface area contributed by atoms with Crippen molar-refractivity contribution in [2.24, 2.45) is 0 Å². The molecule has 1 aromatic carbocycles. The number of rotatable bonds is 4. The summed E-state index contributed by atoms with van der Waals surface area (Å²) in [6.07, 6.45) is 1.12. The molecule has 0 bridgehead atoms. The van der Waals surface area contributed by atoms with E-state index in [-0.39, 0.29) is 0 Å². The summed E-state index contributed by atoms with van der Waals surface area (Å²) in [5, 5.41) is 7.71. The highest BCUT2D eigenvalue weighted by molar-refractivity contribution is 6.33. The van der Waals surface area contributed by atoms with Crippen molar-refractivity contribution in [3.05, 3.63) is 29.3 Å². The summed E-state index contributed by atoms with van der Waals surface area (Å²) in [4.78, 5) is 2.37. The van der Waals surface area contributed by atoms with Gasteiger partial charge in [-0.3, -0.25) is 0 Å². The van der Waals surface area contributed by atoms with Crippen LogP contribution in [0.5, 0.6) is 0 Å². The van der Waals surface area contributed by atoms with Crippen LogP contribution in [0.2, 0.25) is 5.02 Å². The van der Waals surface area contributed by atoms with Gasteiger partial charge in [-0.25, -0.2) is 0 Å². The van der Waals surface area contributed by atoms with E-state index in [1.165, 1.54) is 0 Å². The van der Waals surface area contributed by atoms with E-state index in [4.69, 9.17) is 11.6 Å². The molecule has 1 atom stereocenters. The largest absolute Gasteiger partial charge is 0.384 e. The number of halogens is 1. The topological polar surface area (TPSA) is 27.3 Å². The molecule has 3 nitrogen and oxygen atoms in total. The van der Waals surface area contributed by atoms with E-state index in [2.05, 4.69) is 22.6 Å². The second kappa shape index (κ2) is 6.24. The molecular formula is C13H20ClN3. The van der Waals surface area contributed by atoms with Crippen molar-refractivity contribution in [2.75, 3.05) is 38.5 Å². The van der Waals surface area contributed by atoms with Crippen LogP contribution in [0.3, 0.4) is 0 Å². The van der Waals surface area contributed by atoms with E-state index in [1.807, 2.05) is 24.3 Å². The summed E-state index contributed by atoms with van der Waals surface area (Å²) in [7, 11) is 2.18. The fourth-order valence-corrected chi connectivity index (χ4v) is 2.37. The molecular weight excluding hydrogens is 234 g/mol. The number of para-hydroxylation sites is 1. The SMILES string of the molecule is CN1CCNC(CCNc2ccccc2Cl)C1. The van der Waals surface area contributed by atoms with Crippen molar-refractivity contribution in [3.8, 4) is 0 Å². The molecule has 0 aliphatic carbocycles. The number of anilines is 1. The van der Waals surface area contributed by atoms with Gasteiger partial charge in [0.2, 0.25) is 0 Å². The number of likely N-dealkylation sites (N-methyl/N-ethyl adjacent to an activating group) is 1. The van der Waals surface area contributed by atoms with E-state index in [0.717, 1.165) is 43.3 Å². The van der Waals surface area contributed by atoms with Gasteiger partial charge < -0.3 is 15.5 Å². The van der Waals surface area contributed by atoms with E-state index in [1.54, 1.807) is 0 Å².